The molecule has 0 radical (unpaired) electrons. The van der Waals surface area contributed by atoms with Gasteiger partial charge in [-0.2, -0.15) is 13.2 Å². The third-order valence-electron chi connectivity index (χ3n) is 2.27. The first-order chi connectivity index (χ1) is 8.43. The van der Waals surface area contributed by atoms with Crippen LogP contribution in [0.1, 0.15) is 13.3 Å². The van der Waals surface area contributed by atoms with Crippen LogP contribution in [0, 0.1) is 0 Å². The first kappa shape index (κ1) is 14.3. The van der Waals surface area contributed by atoms with Crippen LogP contribution in [-0.4, -0.2) is 24.7 Å². The van der Waals surface area contributed by atoms with Crippen LogP contribution < -0.4 is 10.6 Å². The zero-order valence-corrected chi connectivity index (χ0v) is 9.92. The van der Waals surface area contributed by atoms with Gasteiger partial charge in [0.25, 0.3) is 0 Å². The second-order valence-corrected chi connectivity index (χ2v) is 3.76. The zero-order chi connectivity index (χ0) is 13.6. The highest BCUT2D eigenvalue weighted by Gasteiger charge is 2.40. The monoisotopic (exact) mass is 260 g/mol. The fraction of sp³-hybridized carbons (Fsp3) is 0.417. The quantitative estimate of drug-likeness (QED) is 0.854. The summed E-state index contributed by atoms with van der Waals surface area (Å²) in [4.78, 5) is 11.2. The van der Waals surface area contributed by atoms with Crippen LogP contribution in [0.4, 0.5) is 18.9 Å². The fourth-order valence-electron chi connectivity index (χ4n) is 1.44. The molecule has 0 aliphatic rings. The number of rotatable bonds is 5. The Morgan fingerprint density at radius 2 is 1.89 bits per heavy atom. The van der Waals surface area contributed by atoms with Crippen molar-refractivity contribution < 1.29 is 18.0 Å². The van der Waals surface area contributed by atoms with Gasteiger partial charge in [0.1, 0.15) is 6.04 Å². The SMILES string of the molecule is CCNC(=O)CC(Nc1ccccc1)C(F)(F)F. The predicted octanol–water partition coefficient (Wildman–Crippen LogP) is 2.56. The number of anilines is 1. The molecule has 1 atom stereocenters. The number of hydrogen-bond acceptors (Lipinski definition) is 2. The van der Waals surface area contributed by atoms with Crippen molar-refractivity contribution in [1.29, 1.82) is 0 Å². The highest BCUT2D eigenvalue weighted by molar-refractivity contribution is 5.77. The Kier molecular flexibility index (Phi) is 5.00. The summed E-state index contributed by atoms with van der Waals surface area (Å²) >= 11 is 0. The Bertz CT molecular complexity index is 379. The molecule has 0 spiro atoms. The number of hydrogen-bond donors (Lipinski definition) is 2. The Balaban J connectivity index is 2.71. The van der Waals surface area contributed by atoms with E-state index in [-0.39, 0.29) is 0 Å². The lowest BCUT2D eigenvalue weighted by molar-refractivity contribution is -0.150. The summed E-state index contributed by atoms with van der Waals surface area (Å²) in [6.45, 7) is 1.97. The molecule has 1 aromatic carbocycles. The molecular formula is C12H15F3N2O. The Hall–Kier alpha value is -1.72. The Morgan fingerprint density at radius 1 is 1.28 bits per heavy atom. The minimum Gasteiger partial charge on any atom is -0.374 e. The average molecular weight is 260 g/mol. The van der Waals surface area contributed by atoms with Crippen LogP contribution in [-0.2, 0) is 4.79 Å². The van der Waals surface area contributed by atoms with E-state index in [9.17, 15) is 18.0 Å². The normalized spacial score (nSPS) is 12.9. The third-order valence-corrected chi connectivity index (χ3v) is 2.27. The molecule has 100 valence electrons. The first-order valence-corrected chi connectivity index (χ1v) is 5.58. The molecule has 0 aromatic heterocycles. The van der Waals surface area contributed by atoms with E-state index in [1.165, 1.54) is 12.1 Å². The van der Waals surface area contributed by atoms with Crippen molar-refractivity contribution in [1.82, 2.24) is 5.32 Å². The molecule has 3 nitrogen and oxygen atoms in total. The molecule has 0 heterocycles. The summed E-state index contributed by atoms with van der Waals surface area (Å²) < 4.78 is 38.3. The molecule has 1 rings (SSSR count). The van der Waals surface area contributed by atoms with E-state index < -0.39 is 24.5 Å². The van der Waals surface area contributed by atoms with Gasteiger partial charge in [-0.25, -0.2) is 0 Å². The van der Waals surface area contributed by atoms with Crippen LogP contribution >= 0.6 is 0 Å². The molecule has 0 aliphatic carbocycles. The Labute approximate surface area is 103 Å². The number of amides is 1. The van der Waals surface area contributed by atoms with Gasteiger partial charge in [0.05, 0.1) is 6.42 Å². The molecular weight excluding hydrogens is 245 g/mol. The molecule has 0 saturated heterocycles. The molecule has 18 heavy (non-hydrogen) atoms. The molecule has 0 fully saturated rings. The summed E-state index contributed by atoms with van der Waals surface area (Å²) in [5.41, 5.74) is 0.337. The van der Waals surface area contributed by atoms with Gasteiger partial charge >= 0.3 is 6.18 Å². The minimum atomic E-state index is -4.47. The third kappa shape index (κ3) is 4.65. The van der Waals surface area contributed by atoms with Crippen LogP contribution in [0.15, 0.2) is 30.3 Å². The topological polar surface area (TPSA) is 41.1 Å². The van der Waals surface area contributed by atoms with E-state index in [1.807, 2.05) is 0 Å². The van der Waals surface area contributed by atoms with Gasteiger partial charge in [-0.3, -0.25) is 4.79 Å². The lowest BCUT2D eigenvalue weighted by Gasteiger charge is -2.22. The number of halogens is 3. The van der Waals surface area contributed by atoms with Gasteiger partial charge in [0, 0.05) is 12.2 Å². The van der Waals surface area contributed by atoms with Gasteiger partial charge in [0.2, 0.25) is 5.91 Å². The number of para-hydroxylation sites is 1. The maximum atomic E-state index is 12.8. The highest BCUT2D eigenvalue weighted by Crippen LogP contribution is 2.25. The lowest BCUT2D eigenvalue weighted by Crippen LogP contribution is -2.40. The van der Waals surface area contributed by atoms with Gasteiger partial charge in [-0.1, -0.05) is 18.2 Å². The van der Waals surface area contributed by atoms with Crippen molar-refractivity contribution in [2.75, 3.05) is 11.9 Å². The van der Waals surface area contributed by atoms with E-state index in [2.05, 4.69) is 10.6 Å². The van der Waals surface area contributed by atoms with Crippen molar-refractivity contribution in [3.05, 3.63) is 30.3 Å². The minimum absolute atomic E-state index is 0.314. The van der Waals surface area contributed by atoms with E-state index in [0.29, 0.717) is 12.2 Å². The predicted molar refractivity (Wildman–Crippen MR) is 63.2 cm³/mol. The van der Waals surface area contributed by atoms with E-state index in [4.69, 9.17) is 0 Å². The average Bonchev–Trinajstić information content (AvgIpc) is 2.28. The van der Waals surface area contributed by atoms with Crippen molar-refractivity contribution in [2.45, 2.75) is 25.6 Å². The number of benzene rings is 1. The van der Waals surface area contributed by atoms with Crippen molar-refractivity contribution in [3.63, 3.8) is 0 Å². The second-order valence-electron chi connectivity index (χ2n) is 3.76. The molecule has 1 unspecified atom stereocenters. The number of nitrogens with one attached hydrogen (secondary N) is 2. The summed E-state index contributed by atoms with van der Waals surface area (Å²) in [6.07, 6.45) is -5.10. The molecule has 0 bridgehead atoms. The van der Waals surface area contributed by atoms with Crippen molar-refractivity contribution in [2.24, 2.45) is 0 Å². The zero-order valence-electron chi connectivity index (χ0n) is 9.92. The maximum absolute atomic E-state index is 12.8. The van der Waals surface area contributed by atoms with E-state index in [1.54, 1.807) is 25.1 Å². The first-order valence-electron chi connectivity index (χ1n) is 5.58. The largest absolute Gasteiger partial charge is 0.409 e. The summed E-state index contributed by atoms with van der Waals surface area (Å²) in [6, 6.07) is 6.13. The van der Waals surface area contributed by atoms with Crippen molar-refractivity contribution >= 4 is 11.6 Å². The van der Waals surface area contributed by atoms with Gasteiger partial charge in [-0.05, 0) is 19.1 Å². The van der Waals surface area contributed by atoms with Crippen molar-refractivity contribution in [3.8, 4) is 0 Å². The van der Waals surface area contributed by atoms with E-state index >= 15 is 0 Å². The smallest absolute Gasteiger partial charge is 0.374 e. The standard InChI is InChI=1S/C12H15F3N2O/c1-2-16-11(18)8-10(12(13,14)15)17-9-6-4-3-5-7-9/h3-7,10,17H,2,8H2,1H3,(H,16,18). The van der Waals surface area contributed by atoms with Crippen LogP contribution in [0.5, 0.6) is 0 Å². The summed E-state index contributed by atoms with van der Waals surface area (Å²) in [7, 11) is 0. The van der Waals surface area contributed by atoms with Crippen LogP contribution in [0.3, 0.4) is 0 Å². The number of alkyl halides is 3. The maximum Gasteiger partial charge on any atom is 0.409 e. The van der Waals surface area contributed by atoms with Gasteiger partial charge in [0.15, 0.2) is 0 Å². The highest BCUT2D eigenvalue weighted by atomic mass is 19.4. The molecule has 1 aromatic rings. The molecule has 0 saturated carbocycles. The second kappa shape index (κ2) is 6.28. The molecule has 0 aliphatic heterocycles. The van der Waals surface area contributed by atoms with E-state index in [0.717, 1.165) is 0 Å². The summed E-state index contributed by atoms with van der Waals surface area (Å²) in [5, 5.41) is 4.68. The van der Waals surface area contributed by atoms with Gasteiger partial charge < -0.3 is 10.6 Å². The molecule has 6 heteroatoms. The van der Waals surface area contributed by atoms with Crippen LogP contribution in [0.2, 0.25) is 0 Å². The number of carbonyl (C=O) groups is 1. The molecule has 1 amide bonds. The lowest BCUT2D eigenvalue weighted by atomic mass is 10.1. The fourth-order valence-corrected chi connectivity index (χ4v) is 1.44. The summed E-state index contributed by atoms with van der Waals surface area (Å²) in [5.74, 6) is -0.622. The van der Waals surface area contributed by atoms with Gasteiger partial charge in [-0.15, -0.1) is 0 Å². The Morgan fingerprint density at radius 3 is 2.39 bits per heavy atom. The molecule has 2 N–H and O–H groups in total. The van der Waals surface area contributed by atoms with Crippen LogP contribution in [0.25, 0.3) is 0 Å². The number of carbonyl (C=O) groups excluding carboxylic acids is 1.